The molecule has 0 aliphatic heterocycles. The van der Waals surface area contributed by atoms with Gasteiger partial charge in [-0.1, -0.05) is 29.8 Å². The average molecular weight is 346 g/mol. The van der Waals surface area contributed by atoms with Gasteiger partial charge in [0.15, 0.2) is 0 Å². The van der Waals surface area contributed by atoms with Crippen LogP contribution in [0.4, 0.5) is 17.3 Å². The monoisotopic (exact) mass is 346 g/mol. The Bertz CT molecular complexity index is 943. The summed E-state index contributed by atoms with van der Waals surface area (Å²) >= 11 is 0. The highest BCUT2D eigenvalue weighted by Gasteiger charge is 2.12. The summed E-state index contributed by atoms with van der Waals surface area (Å²) in [5, 5.41) is 6.10. The summed E-state index contributed by atoms with van der Waals surface area (Å²) in [5.74, 6) is 0.135. The first-order chi connectivity index (χ1) is 12.4. The lowest BCUT2D eigenvalue weighted by molar-refractivity contribution is 0.102. The number of carbonyl (C=O) groups is 1. The van der Waals surface area contributed by atoms with Gasteiger partial charge in [0, 0.05) is 17.6 Å². The molecule has 1 aromatic heterocycles. The predicted molar refractivity (Wildman–Crippen MR) is 105 cm³/mol. The highest BCUT2D eigenvalue weighted by atomic mass is 16.1. The maximum absolute atomic E-state index is 12.6. The Morgan fingerprint density at radius 2 is 1.65 bits per heavy atom. The number of benzene rings is 2. The quantitative estimate of drug-likeness (QED) is 0.718. The van der Waals surface area contributed by atoms with Crippen molar-refractivity contribution in [1.29, 1.82) is 0 Å². The zero-order valence-electron chi connectivity index (χ0n) is 15.4. The molecule has 5 heteroatoms. The first-order valence-electron chi connectivity index (χ1n) is 8.48. The number of nitrogens with zero attached hydrogens (tertiary/aromatic N) is 2. The third-order valence-electron chi connectivity index (χ3n) is 4.08. The van der Waals surface area contributed by atoms with Crippen LogP contribution in [-0.4, -0.2) is 15.9 Å². The number of amides is 1. The minimum Gasteiger partial charge on any atom is -0.324 e. The van der Waals surface area contributed by atoms with Gasteiger partial charge in [-0.2, -0.15) is 0 Å². The number of hydrogen-bond acceptors (Lipinski definition) is 4. The summed E-state index contributed by atoms with van der Waals surface area (Å²) in [7, 11) is 0. The molecule has 1 amide bonds. The minimum atomic E-state index is -0.255. The van der Waals surface area contributed by atoms with E-state index in [1.165, 1.54) is 5.56 Å². The molecule has 0 fully saturated rings. The number of carbonyl (C=O) groups excluding carboxylic acids is 1. The largest absolute Gasteiger partial charge is 0.324 e. The van der Waals surface area contributed by atoms with Crippen molar-refractivity contribution in [3.63, 3.8) is 0 Å². The van der Waals surface area contributed by atoms with Gasteiger partial charge < -0.3 is 10.6 Å². The first kappa shape index (κ1) is 17.6. The summed E-state index contributed by atoms with van der Waals surface area (Å²) in [6.07, 6.45) is 1.58. The van der Waals surface area contributed by atoms with Crippen molar-refractivity contribution in [2.75, 3.05) is 10.6 Å². The maximum Gasteiger partial charge on any atom is 0.274 e. The molecule has 2 N–H and O–H groups in total. The molecule has 3 aromatic rings. The van der Waals surface area contributed by atoms with Crippen LogP contribution in [0.1, 0.15) is 32.7 Å². The van der Waals surface area contributed by atoms with E-state index < -0.39 is 0 Å². The molecule has 0 atom stereocenters. The van der Waals surface area contributed by atoms with Crippen molar-refractivity contribution in [2.24, 2.45) is 0 Å². The van der Waals surface area contributed by atoms with Crippen LogP contribution < -0.4 is 10.6 Å². The number of hydrogen-bond donors (Lipinski definition) is 2. The van der Waals surface area contributed by atoms with Crippen LogP contribution in [0.25, 0.3) is 0 Å². The van der Waals surface area contributed by atoms with Gasteiger partial charge in [-0.05, 0) is 62.6 Å². The van der Waals surface area contributed by atoms with Crippen molar-refractivity contribution in [3.05, 3.63) is 76.6 Å². The molecule has 0 bridgehead atoms. The number of aromatic nitrogens is 2. The molecular weight excluding hydrogens is 324 g/mol. The van der Waals surface area contributed by atoms with Gasteiger partial charge in [0.2, 0.25) is 5.95 Å². The number of anilines is 3. The maximum atomic E-state index is 12.6. The third-order valence-corrected chi connectivity index (χ3v) is 4.08. The van der Waals surface area contributed by atoms with Crippen LogP contribution in [0, 0.1) is 27.7 Å². The standard InChI is InChI=1S/C21H22N4O/c1-13-6-5-7-17(12-13)23-21-22-9-8-18(24-21)20(26)25-19-15(3)10-14(2)11-16(19)4/h5-12H,1-4H3,(H,25,26)(H,22,23,24). The fraction of sp³-hybridized carbons (Fsp3) is 0.190. The molecule has 5 nitrogen and oxygen atoms in total. The molecule has 1 heterocycles. The molecule has 0 saturated carbocycles. The molecule has 132 valence electrons. The Morgan fingerprint density at radius 3 is 2.35 bits per heavy atom. The summed E-state index contributed by atoms with van der Waals surface area (Å²) in [5.41, 5.74) is 6.39. The van der Waals surface area contributed by atoms with Crippen molar-refractivity contribution >= 4 is 23.2 Å². The van der Waals surface area contributed by atoms with Crippen LogP contribution in [0.5, 0.6) is 0 Å². The van der Waals surface area contributed by atoms with Crippen molar-refractivity contribution in [1.82, 2.24) is 9.97 Å². The first-order valence-corrected chi connectivity index (χ1v) is 8.48. The number of aryl methyl sites for hydroxylation is 4. The van der Waals surface area contributed by atoms with Gasteiger partial charge in [0.05, 0.1) is 0 Å². The Kier molecular flexibility index (Phi) is 4.98. The average Bonchev–Trinajstić information content (AvgIpc) is 2.58. The Hall–Kier alpha value is -3.21. The molecule has 26 heavy (non-hydrogen) atoms. The minimum absolute atomic E-state index is 0.255. The summed E-state index contributed by atoms with van der Waals surface area (Å²) < 4.78 is 0. The molecule has 0 aliphatic carbocycles. The Balaban J connectivity index is 1.80. The molecule has 3 rings (SSSR count). The van der Waals surface area contributed by atoms with Gasteiger partial charge in [-0.25, -0.2) is 9.97 Å². The van der Waals surface area contributed by atoms with Crippen LogP contribution >= 0.6 is 0 Å². The SMILES string of the molecule is Cc1cccc(Nc2nccc(C(=O)Nc3c(C)cc(C)cc3C)n2)c1. The van der Waals surface area contributed by atoms with Crippen molar-refractivity contribution in [2.45, 2.75) is 27.7 Å². The summed E-state index contributed by atoms with van der Waals surface area (Å²) in [6, 6.07) is 13.6. The van der Waals surface area contributed by atoms with Gasteiger partial charge in [0.1, 0.15) is 5.69 Å². The van der Waals surface area contributed by atoms with E-state index in [9.17, 15) is 4.79 Å². The molecule has 0 saturated heterocycles. The highest BCUT2D eigenvalue weighted by Crippen LogP contribution is 2.22. The summed E-state index contributed by atoms with van der Waals surface area (Å²) in [6.45, 7) is 8.03. The van der Waals surface area contributed by atoms with Gasteiger partial charge in [0.25, 0.3) is 5.91 Å². The second kappa shape index (κ2) is 7.35. The van der Waals surface area contributed by atoms with Crippen LogP contribution in [0.15, 0.2) is 48.7 Å². The van der Waals surface area contributed by atoms with E-state index in [1.54, 1.807) is 12.3 Å². The van der Waals surface area contributed by atoms with Gasteiger partial charge in [-0.15, -0.1) is 0 Å². The molecule has 0 spiro atoms. The smallest absolute Gasteiger partial charge is 0.274 e. The highest BCUT2D eigenvalue weighted by molar-refractivity contribution is 6.03. The lowest BCUT2D eigenvalue weighted by Gasteiger charge is -2.13. The van der Waals surface area contributed by atoms with E-state index in [-0.39, 0.29) is 5.91 Å². The second-order valence-electron chi connectivity index (χ2n) is 6.49. The topological polar surface area (TPSA) is 66.9 Å². The zero-order chi connectivity index (χ0) is 18.7. The van der Waals surface area contributed by atoms with E-state index in [0.717, 1.165) is 28.1 Å². The van der Waals surface area contributed by atoms with E-state index >= 15 is 0 Å². The predicted octanol–water partition coefficient (Wildman–Crippen LogP) is 4.71. The van der Waals surface area contributed by atoms with Crippen molar-refractivity contribution in [3.8, 4) is 0 Å². The van der Waals surface area contributed by atoms with Crippen LogP contribution in [0.2, 0.25) is 0 Å². The zero-order valence-corrected chi connectivity index (χ0v) is 15.4. The lowest BCUT2D eigenvalue weighted by atomic mass is 10.1. The molecule has 0 unspecified atom stereocenters. The van der Waals surface area contributed by atoms with E-state index in [1.807, 2.05) is 64.1 Å². The van der Waals surface area contributed by atoms with Gasteiger partial charge >= 0.3 is 0 Å². The van der Waals surface area contributed by atoms with Crippen LogP contribution in [0.3, 0.4) is 0 Å². The van der Waals surface area contributed by atoms with E-state index in [2.05, 4.69) is 20.6 Å². The molecular formula is C21H22N4O. The van der Waals surface area contributed by atoms with Crippen molar-refractivity contribution < 1.29 is 4.79 Å². The Labute approximate surface area is 153 Å². The fourth-order valence-electron chi connectivity index (χ4n) is 2.95. The normalized spacial score (nSPS) is 10.5. The molecule has 0 radical (unpaired) electrons. The third kappa shape index (κ3) is 4.06. The summed E-state index contributed by atoms with van der Waals surface area (Å²) in [4.78, 5) is 21.2. The van der Waals surface area contributed by atoms with Crippen LogP contribution in [-0.2, 0) is 0 Å². The number of nitrogens with one attached hydrogen (secondary N) is 2. The van der Waals surface area contributed by atoms with Gasteiger partial charge in [-0.3, -0.25) is 4.79 Å². The molecule has 2 aromatic carbocycles. The fourth-order valence-corrected chi connectivity index (χ4v) is 2.95. The molecule has 0 aliphatic rings. The number of rotatable bonds is 4. The van der Waals surface area contributed by atoms with E-state index in [4.69, 9.17) is 0 Å². The lowest BCUT2D eigenvalue weighted by Crippen LogP contribution is -2.16. The van der Waals surface area contributed by atoms with E-state index in [0.29, 0.717) is 11.6 Å². The second-order valence-corrected chi connectivity index (χ2v) is 6.49. The Morgan fingerprint density at radius 1 is 0.923 bits per heavy atom.